The molecule has 7 heteroatoms. The third-order valence-electron chi connectivity index (χ3n) is 11.4. The van der Waals surface area contributed by atoms with Crippen molar-refractivity contribution in [3.05, 3.63) is 0 Å². The molecule has 5 fully saturated rings. The van der Waals surface area contributed by atoms with Gasteiger partial charge in [-0.2, -0.15) is 5.26 Å². The van der Waals surface area contributed by atoms with Crippen molar-refractivity contribution in [2.75, 3.05) is 19.6 Å². The molecule has 0 spiro atoms. The van der Waals surface area contributed by atoms with Gasteiger partial charge in [0.1, 0.15) is 12.1 Å². The molecule has 3 saturated carbocycles. The summed E-state index contributed by atoms with van der Waals surface area (Å²) in [6.45, 7) is 9.46. The smallest absolute Gasteiger partial charge is 0.247 e. The van der Waals surface area contributed by atoms with Gasteiger partial charge in [0, 0.05) is 31.1 Å². The van der Waals surface area contributed by atoms with Gasteiger partial charge in [-0.15, -0.1) is 0 Å². The number of carbonyl (C=O) groups excluding carboxylic acids is 2. The number of hydrogen-bond donors (Lipinski definition) is 2. The molecule has 2 aliphatic heterocycles. The molecule has 0 bridgehead atoms. The van der Waals surface area contributed by atoms with Crippen LogP contribution in [0.5, 0.6) is 0 Å². The van der Waals surface area contributed by atoms with E-state index >= 15 is 0 Å². The van der Waals surface area contributed by atoms with E-state index in [1.54, 1.807) is 4.90 Å². The van der Waals surface area contributed by atoms with Crippen LogP contribution in [0.15, 0.2) is 0 Å². The number of hydrogen-bond acceptors (Lipinski definition) is 5. The number of nitrogens with one attached hydrogen (secondary N) is 2. The number of likely N-dealkylation sites (tertiary alicyclic amines) is 1. The van der Waals surface area contributed by atoms with Crippen molar-refractivity contribution < 1.29 is 9.59 Å². The first-order chi connectivity index (χ1) is 19.3. The SMILES string of the molecule is CC(C)(C)C1CCC(N(C(=O)[C@H]2C3CCCCC3CN2C#N)C(C(=O)NC2CCCCC2)C2CCCNC2)CC1. The Labute approximate surface area is 243 Å². The molecule has 5 rings (SSSR count). The van der Waals surface area contributed by atoms with E-state index < -0.39 is 12.1 Å². The minimum Gasteiger partial charge on any atom is -0.352 e. The number of amides is 2. The molecule has 0 aromatic heterocycles. The summed E-state index contributed by atoms with van der Waals surface area (Å²) in [7, 11) is 0. The second kappa shape index (κ2) is 13.0. The first-order valence-corrected chi connectivity index (χ1v) is 16.8. The van der Waals surface area contributed by atoms with Gasteiger partial charge in [-0.1, -0.05) is 52.9 Å². The molecule has 2 N–H and O–H groups in total. The van der Waals surface area contributed by atoms with E-state index in [4.69, 9.17) is 0 Å². The van der Waals surface area contributed by atoms with Crippen LogP contribution >= 0.6 is 0 Å². The van der Waals surface area contributed by atoms with Gasteiger partial charge in [0.05, 0.1) is 0 Å². The molecule has 40 heavy (non-hydrogen) atoms. The molecule has 7 nitrogen and oxygen atoms in total. The molecule has 2 amide bonds. The molecule has 4 unspecified atom stereocenters. The van der Waals surface area contributed by atoms with Crippen molar-refractivity contribution in [1.29, 1.82) is 5.26 Å². The molecule has 0 aromatic carbocycles. The summed E-state index contributed by atoms with van der Waals surface area (Å²) < 4.78 is 0. The first-order valence-electron chi connectivity index (χ1n) is 16.8. The van der Waals surface area contributed by atoms with Crippen LogP contribution in [0.25, 0.3) is 0 Å². The highest BCUT2D eigenvalue weighted by Gasteiger charge is 2.52. The van der Waals surface area contributed by atoms with Crippen LogP contribution in [0, 0.1) is 40.5 Å². The largest absolute Gasteiger partial charge is 0.352 e. The fourth-order valence-corrected chi connectivity index (χ4v) is 9.06. The monoisotopic (exact) mass is 553 g/mol. The zero-order valence-corrected chi connectivity index (χ0v) is 25.5. The molecular formula is C33H55N5O2. The van der Waals surface area contributed by atoms with Gasteiger partial charge >= 0.3 is 0 Å². The van der Waals surface area contributed by atoms with E-state index in [9.17, 15) is 14.9 Å². The Morgan fingerprint density at radius 1 is 0.925 bits per heavy atom. The molecule has 0 aromatic rings. The summed E-state index contributed by atoms with van der Waals surface area (Å²) in [5, 5.41) is 17.2. The molecular weight excluding hydrogens is 498 g/mol. The van der Waals surface area contributed by atoms with E-state index in [0.717, 1.165) is 83.7 Å². The zero-order valence-electron chi connectivity index (χ0n) is 25.5. The highest BCUT2D eigenvalue weighted by molar-refractivity contribution is 5.91. The summed E-state index contributed by atoms with van der Waals surface area (Å²) in [5.74, 6) is 1.54. The Morgan fingerprint density at radius 2 is 1.62 bits per heavy atom. The van der Waals surface area contributed by atoms with Crippen molar-refractivity contribution in [2.45, 2.75) is 141 Å². The molecule has 0 radical (unpaired) electrons. The summed E-state index contributed by atoms with van der Waals surface area (Å²) in [6.07, 6.45) is 18.7. The Bertz CT molecular complexity index is 905. The number of carbonyl (C=O) groups is 2. The number of fused-ring (bicyclic) bond motifs is 1. The molecule has 2 heterocycles. The molecule has 2 saturated heterocycles. The molecule has 5 aliphatic rings. The van der Waals surface area contributed by atoms with Crippen LogP contribution in [-0.4, -0.2) is 65.4 Å². The quantitative estimate of drug-likeness (QED) is 0.441. The Kier molecular flexibility index (Phi) is 9.65. The summed E-state index contributed by atoms with van der Waals surface area (Å²) in [5.41, 5.74) is 0.253. The van der Waals surface area contributed by atoms with Crippen LogP contribution < -0.4 is 10.6 Å². The molecule has 5 atom stereocenters. The van der Waals surface area contributed by atoms with Gasteiger partial charge in [0.15, 0.2) is 6.19 Å². The van der Waals surface area contributed by atoms with Gasteiger partial charge in [0.25, 0.3) is 0 Å². The summed E-state index contributed by atoms with van der Waals surface area (Å²) >= 11 is 0. The van der Waals surface area contributed by atoms with E-state index in [2.05, 4.69) is 42.5 Å². The topological polar surface area (TPSA) is 88.5 Å². The average molecular weight is 554 g/mol. The lowest BCUT2D eigenvalue weighted by molar-refractivity contribution is -0.151. The van der Waals surface area contributed by atoms with Gasteiger partial charge in [0.2, 0.25) is 11.8 Å². The van der Waals surface area contributed by atoms with E-state index in [1.165, 1.54) is 25.7 Å². The number of rotatable bonds is 6. The van der Waals surface area contributed by atoms with E-state index in [-0.39, 0.29) is 41.1 Å². The zero-order chi connectivity index (χ0) is 28.3. The fourth-order valence-electron chi connectivity index (χ4n) is 9.06. The second-order valence-corrected chi connectivity index (χ2v) is 14.9. The van der Waals surface area contributed by atoms with E-state index in [0.29, 0.717) is 18.4 Å². The summed E-state index contributed by atoms with van der Waals surface area (Å²) in [4.78, 5) is 33.2. The van der Waals surface area contributed by atoms with Crippen LogP contribution in [0.2, 0.25) is 0 Å². The van der Waals surface area contributed by atoms with Gasteiger partial charge < -0.3 is 15.5 Å². The first kappa shape index (κ1) is 29.7. The van der Waals surface area contributed by atoms with Crippen LogP contribution in [0.4, 0.5) is 0 Å². The summed E-state index contributed by atoms with van der Waals surface area (Å²) in [6, 6.07) is -0.573. The van der Waals surface area contributed by atoms with Crippen LogP contribution in [0.3, 0.4) is 0 Å². The highest BCUT2D eigenvalue weighted by Crippen LogP contribution is 2.44. The van der Waals surface area contributed by atoms with Gasteiger partial charge in [-0.3, -0.25) is 14.5 Å². The van der Waals surface area contributed by atoms with Crippen molar-refractivity contribution in [1.82, 2.24) is 20.4 Å². The highest BCUT2D eigenvalue weighted by atomic mass is 16.2. The lowest BCUT2D eigenvalue weighted by Crippen LogP contribution is -2.63. The Hall–Kier alpha value is -1.81. The van der Waals surface area contributed by atoms with Crippen LogP contribution in [0.1, 0.15) is 117 Å². The lowest BCUT2D eigenvalue weighted by Gasteiger charge is -2.47. The lowest BCUT2D eigenvalue weighted by atomic mass is 9.70. The normalized spacial score (nSPS) is 34.4. The third-order valence-corrected chi connectivity index (χ3v) is 11.4. The maximum absolute atomic E-state index is 15.0. The Balaban J connectivity index is 1.47. The number of nitriles is 1. The minimum atomic E-state index is -0.457. The Morgan fingerprint density at radius 3 is 2.27 bits per heavy atom. The van der Waals surface area contributed by atoms with Gasteiger partial charge in [-0.05, 0) is 93.9 Å². The minimum absolute atomic E-state index is 0.0635. The van der Waals surface area contributed by atoms with Crippen molar-refractivity contribution >= 4 is 11.8 Å². The fraction of sp³-hybridized carbons (Fsp3) is 0.909. The van der Waals surface area contributed by atoms with Crippen LogP contribution in [-0.2, 0) is 9.59 Å². The maximum Gasteiger partial charge on any atom is 0.247 e. The standard InChI is InChI=1S/C33H55N5O2/c1-33(2,3)25-15-17-27(18-16-25)38(32(40)30-28-14-8-7-10-24(28)21-37(30)22-34)29(23-11-9-19-35-20-23)31(39)36-26-12-5-4-6-13-26/h23-30,35H,4-21H2,1-3H3,(H,36,39)/t23?,24?,25?,27?,28?,29?,30-/m1/s1. The predicted octanol–water partition coefficient (Wildman–Crippen LogP) is 5.21. The van der Waals surface area contributed by atoms with Crippen molar-refractivity contribution in [3.8, 4) is 6.19 Å². The van der Waals surface area contributed by atoms with Crippen molar-refractivity contribution in [3.63, 3.8) is 0 Å². The third kappa shape index (κ3) is 6.48. The number of piperidine rings is 1. The second-order valence-electron chi connectivity index (χ2n) is 14.9. The maximum atomic E-state index is 15.0. The number of nitrogens with zero attached hydrogens (tertiary/aromatic N) is 3. The van der Waals surface area contributed by atoms with E-state index in [1.807, 2.05) is 0 Å². The predicted molar refractivity (Wildman–Crippen MR) is 158 cm³/mol. The van der Waals surface area contributed by atoms with Crippen molar-refractivity contribution in [2.24, 2.45) is 29.1 Å². The molecule has 3 aliphatic carbocycles. The molecule has 224 valence electrons. The average Bonchev–Trinajstić information content (AvgIpc) is 3.35. The van der Waals surface area contributed by atoms with Gasteiger partial charge in [-0.25, -0.2) is 0 Å².